The number of benzene rings is 2. The maximum atomic E-state index is 12.4. The van der Waals surface area contributed by atoms with Crippen molar-refractivity contribution in [2.24, 2.45) is 7.05 Å². The van der Waals surface area contributed by atoms with Crippen LogP contribution >= 0.6 is 0 Å². The summed E-state index contributed by atoms with van der Waals surface area (Å²) < 4.78 is 14.1. The average Bonchev–Trinajstić information content (AvgIpc) is 2.99. The molecule has 1 aromatic heterocycles. The number of nitrogens with one attached hydrogen (secondary N) is 1. The maximum absolute atomic E-state index is 12.4. The molecule has 0 spiro atoms. The monoisotopic (exact) mass is 326 g/mol. The van der Waals surface area contributed by atoms with Gasteiger partial charge < -0.3 is 5.32 Å². The van der Waals surface area contributed by atoms with Gasteiger partial charge in [0, 0.05) is 17.6 Å². The largest absolute Gasteiger partial charge is 0.378 e. The molecule has 3 rings (SSSR count). The SMILES string of the molecule is Cn1ncnc1CNc1cccc(C[S@@](=O)c2ccccc2)c1. The minimum atomic E-state index is -1.03. The predicted molar refractivity (Wildman–Crippen MR) is 91.3 cm³/mol. The minimum absolute atomic E-state index is 0.503. The van der Waals surface area contributed by atoms with Gasteiger partial charge in [-0.15, -0.1) is 0 Å². The number of hydrogen-bond donors (Lipinski definition) is 1. The summed E-state index contributed by atoms with van der Waals surface area (Å²) in [6.45, 7) is 0.599. The Kier molecular flexibility index (Phi) is 4.83. The Morgan fingerprint density at radius 2 is 1.96 bits per heavy atom. The molecule has 2 aromatic carbocycles. The van der Waals surface area contributed by atoms with Gasteiger partial charge in [-0.05, 0) is 29.8 Å². The van der Waals surface area contributed by atoms with Crippen molar-refractivity contribution in [2.75, 3.05) is 5.32 Å². The highest BCUT2D eigenvalue weighted by molar-refractivity contribution is 7.84. The lowest BCUT2D eigenvalue weighted by atomic mass is 10.2. The number of aryl methyl sites for hydroxylation is 1. The molecular formula is C17H18N4OS. The number of nitrogens with zero attached hydrogens (tertiary/aromatic N) is 3. The van der Waals surface area contributed by atoms with E-state index < -0.39 is 10.8 Å². The first-order valence-electron chi connectivity index (χ1n) is 7.31. The van der Waals surface area contributed by atoms with Crippen LogP contribution in [0.2, 0.25) is 0 Å². The third kappa shape index (κ3) is 4.04. The fourth-order valence-corrected chi connectivity index (χ4v) is 3.35. The molecule has 0 radical (unpaired) electrons. The van der Waals surface area contributed by atoms with E-state index in [0.717, 1.165) is 22.0 Å². The van der Waals surface area contributed by atoms with E-state index in [-0.39, 0.29) is 0 Å². The quantitative estimate of drug-likeness (QED) is 0.757. The van der Waals surface area contributed by atoms with Crippen LogP contribution in [0.25, 0.3) is 0 Å². The minimum Gasteiger partial charge on any atom is -0.378 e. The lowest BCUT2D eigenvalue weighted by Crippen LogP contribution is -2.07. The van der Waals surface area contributed by atoms with E-state index in [1.807, 2.05) is 61.6 Å². The highest BCUT2D eigenvalue weighted by Crippen LogP contribution is 2.16. The first-order valence-corrected chi connectivity index (χ1v) is 8.63. The first-order chi connectivity index (χ1) is 11.2. The smallest absolute Gasteiger partial charge is 0.145 e. The molecule has 23 heavy (non-hydrogen) atoms. The number of anilines is 1. The lowest BCUT2D eigenvalue weighted by Gasteiger charge is -2.08. The van der Waals surface area contributed by atoms with E-state index in [9.17, 15) is 4.21 Å². The van der Waals surface area contributed by atoms with Crippen LogP contribution in [-0.4, -0.2) is 19.0 Å². The molecule has 0 saturated heterocycles. The van der Waals surface area contributed by atoms with Crippen LogP contribution < -0.4 is 5.32 Å². The molecule has 0 aliphatic heterocycles. The van der Waals surface area contributed by atoms with Crippen molar-refractivity contribution in [3.05, 3.63) is 72.3 Å². The molecule has 1 atom stereocenters. The second kappa shape index (κ2) is 7.19. The molecule has 0 bridgehead atoms. The molecule has 0 aliphatic carbocycles. The Balaban J connectivity index is 1.65. The fourth-order valence-electron chi connectivity index (χ4n) is 2.24. The van der Waals surface area contributed by atoms with Crippen LogP contribution in [0.5, 0.6) is 0 Å². The van der Waals surface area contributed by atoms with Gasteiger partial charge in [-0.25, -0.2) is 4.98 Å². The summed E-state index contributed by atoms with van der Waals surface area (Å²) in [7, 11) is 0.830. The average molecular weight is 326 g/mol. The second-order valence-corrected chi connectivity index (χ2v) is 6.61. The van der Waals surface area contributed by atoms with Crippen molar-refractivity contribution < 1.29 is 4.21 Å². The molecule has 1 N–H and O–H groups in total. The van der Waals surface area contributed by atoms with Crippen molar-refractivity contribution >= 4 is 16.5 Å². The molecule has 5 nitrogen and oxygen atoms in total. The van der Waals surface area contributed by atoms with E-state index in [1.165, 1.54) is 6.33 Å². The normalized spacial score (nSPS) is 12.0. The van der Waals surface area contributed by atoms with Crippen LogP contribution in [0, 0.1) is 0 Å². The van der Waals surface area contributed by atoms with Gasteiger partial charge in [0.25, 0.3) is 0 Å². The molecule has 0 unspecified atom stereocenters. The molecule has 6 heteroatoms. The highest BCUT2D eigenvalue weighted by atomic mass is 32.2. The second-order valence-electron chi connectivity index (χ2n) is 5.16. The van der Waals surface area contributed by atoms with Crippen LogP contribution in [0.4, 0.5) is 5.69 Å². The van der Waals surface area contributed by atoms with E-state index in [4.69, 9.17) is 0 Å². The third-order valence-electron chi connectivity index (χ3n) is 3.49. The van der Waals surface area contributed by atoms with E-state index >= 15 is 0 Å². The van der Waals surface area contributed by atoms with Gasteiger partial charge >= 0.3 is 0 Å². The van der Waals surface area contributed by atoms with E-state index in [2.05, 4.69) is 15.4 Å². The summed E-state index contributed by atoms with van der Waals surface area (Å²) in [5, 5.41) is 7.36. The van der Waals surface area contributed by atoms with Gasteiger partial charge in [0.05, 0.1) is 23.1 Å². The van der Waals surface area contributed by atoms with Crippen molar-refractivity contribution in [2.45, 2.75) is 17.2 Å². The van der Waals surface area contributed by atoms with Crippen molar-refractivity contribution in [3.8, 4) is 0 Å². The zero-order valence-corrected chi connectivity index (χ0v) is 13.7. The van der Waals surface area contributed by atoms with Gasteiger partial charge in [-0.3, -0.25) is 8.89 Å². The lowest BCUT2D eigenvalue weighted by molar-refractivity contribution is 0.682. The van der Waals surface area contributed by atoms with E-state index in [1.54, 1.807) is 4.68 Å². The summed E-state index contributed by atoms with van der Waals surface area (Å²) in [5.74, 6) is 1.37. The van der Waals surface area contributed by atoms with Gasteiger partial charge in [-0.2, -0.15) is 5.10 Å². The third-order valence-corrected chi connectivity index (χ3v) is 4.88. The summed E-state index contributed by atoms with van der Waals surface area (Å²) in [6, 6.07) is 17.5. The van der Waals surface area contributed by atoms with Gasteiger partial charge in [-0.1, -0.05) is 30.3 Å². The van der Waals surface area contributed by atoms with Gasteiger partial charge in [0.2, 0.25) is 0 Å². The Morgan fingerprint density at radius 3 is 2.70 bits per heavy atom. The Morgan fingerprint density at radius 1 is 1.13 bits per heavy atom. The Bertz CT molecular complexity index is 801. The highest BCUT2D eigenvalue weighted by Gasteiger charge is 2.06. The molecular weight excluding hydrogens is 308 g/mol. The molecule has 3 aromatic rings. The summed E-state index contributed by atoms with van der Waals surface area (Å²) >= 11 is 0. The van der Waals surface area contributed by atoms with Crippen LogP contribution in [0.15, 0.2) is 65.8 Å². The molecule has 0 amide bonds. The molecule has 1 heterocycles. The van der Waals surface area contributed by atoms with Crippen molar-refractivity contribution in [1.82, 2.24) is 14.8 Å². The zero-order valence-electron chi connectivity index (χ0n) is 12.8. The Labute approximate surface area is 137 Å². The fraction of sp³-hybridized carbons (Fsp3) is 0.176. The van der Waals surface area contributed by atoms with Gasteiger partial charge in [0.1, 0.15) is 12.2 Å². The molecule has 118 valence electrons. The zero-order chi connectivity index (χ0) is 16.1. The van der Waals surface area contributed by atoms with Gasteiger partial charge in [0.15, 0.2) is 0 Å². The summed E-state index contributed by atoms with van der Waals surface area (Å²) in [4.78, 5) is 5.03. The predicted octanol–water partition coefficient (Wildman–Crippen LogP) is 2.74. The Hall–Kier alpha value is -2.47. The van der Waals surface area contributed by atoms with Crippen LogP contribution in [-0.2, 0) is 30.1 Å². The number of hydrogen-bond acceptors (Lipinski definition) is 4. The van der Waals surface area contributed by atoms with Crippen LogP contribution in [0.3, 0.4) is 0 Å². The maximum Gasteiger partial charge on any atom is 0.145 e. The number of aromatic nitrogens is 3. The molecule has 0 fully saturated rings. The first kappa shape index (κ1) is 15.4. The van der Waals surface area contributed by atoms with Crippen molar-refractivity contribution in [1.29, 1.82) is 0 Å². The van der Waals surface area contributed by atoms with E-state index in [0.29, 0.717) is 12.3 Å². The topological polar surface area (TPSA) is 59.8 Å². The van der Waals surface area contributed by atoms with Crippen LogP contribution in [0.1, 0.15) is 11.4 Å². The standard InChI is InChI=1S/C17H18N4OS/c1-21-17(19-13-20-21)11-18-15-7-5-6-14(10-15)12-23(22)16-8-3-2-4-9-16/h2-10,13,18H,11-12H2,1H3/t23-/m1/s1. The molecule has 0 aliphatic rings. The summed E-state index contributed by atoms with van der Waals surface area (Å²) in [5.41, 5.74) is 2.02. The number of rotatable bonds is 6. The molecule has 0 saturated carbocycles. The summed E-state index contributed by atoms with van der Waals surface area (Å²) in [6.07, 6.45) is 1.54. The van der Waals surface area contributed by atoms with Crippen molar-refractivity contribution in [3.63, 3.8) is 0 Å².